The first-order valence-corrected chi connectivity index (χ1v) is 6.69. The van der Waals surface area contributed by atoms with Gasteiger partial charge >= 0.3 is 0 Å². The van der Waals surface area contributed by atoms with E-state index in [9.17, 15) is 5.11 Å². The molecule has 1 aromatic carbocycles. The van der Waals surface area contributed by atoms with E-state index < -0.39 is 0 Å². The van der Waals surface area contributed by atoms with Gasteiger partial charge in [0.1, 0.15) is 6.33 Å². The molecule has 0 saturated heterocycles. The maximum absolute atomic E-state index is 10.1. The minimum atomic E-state index is 0.0529. The van der Waals surface area contributed by atoms with E-state index in [0.717, 1.165) is 0 Å². The summed E-state index contributed by atoms with van der Waals surface area (Å²) in [5.41, 5.74) is 3.98. The number of rotatable bonds is 5. The number of benzene rings is 1. The molecule has 22 heavy (non-hydrogen) atoms. The molecule has 2 heterocycles. The van der Waals surface area contributed by atoms with Gasteiger partial charge in [0.25, 0.3) is 0 Å². The lowest BCUT2D eigenvalue weighted by molar-refractivity contribution is 0.318. The molecule has 0 bridgehead atoms. The van der Waals surface area contributed by atoms with Gasteiger partial charge < -0.3 is 9.84 Å². The van der Waals surface area contributed by atoms with E-state index in [1.807, 2.05) is 6.92 Å². The standard InChI is InChI=1S/C14H14N6O2/c1-2-22-11-5-3-4-10(14(11)21)8-15-17-12-6-7-13-18-16-9-20(13)19-12/h3-9,21H,2H2,1H3,(H,17,19)/b15-8-. The second kappa shape index (κ2) is 6.08. The molecule has 2 N–H and O–H groups in total. The summed E-state index contributed by atoms with van der Waals surface area (Å²) >= 11 is 0. The van der Waals surface area contributed by atoms with Crippen molar-refractivity contribution in [1.82, 2.24) is 19.8 Å². The molecule has 2 aromatic heterocycles. The van der Waals surface area contributed by atoms with Crippen molar-refractivity contribution in [3.8, 4) is 11.5 Å². The maximum atomic E-state index is 10.1. The van der Waals surface area contributed by atoms with E-state index in [0.29, 0.717) is 29.4 Å². The number of para-hydroxylation sites is 1. The first kappa shape index (κ1) is 13.8. The van der Waals surface area contributed by atoms with Crippen LogP contribution in [0.5, 0.6) is 11.5 Å². The number of phenols is 1. The Bertz CT molecular complexity index is 814. The van der Waals surface area contributed by atoms with Crippen LogP contribution in [0, 0.1) is 0 Å². The number of hydrogen-bond donors (Lipinski definition) is 2. The van der Waals surface area contributed by atoms with Gasteiger partial charge in [-0.05, 0) is 31.2 Å². The van der Waals surface area contributed by atoms with Gasteiger partial charge in [0.2, 0.25) is 0 Å². The van der Waals surface area contributed by atoms with Crippen LogP contribution in [0.3, 0.4) is 0 Å². The zero-order valence-electron chi connectivity index (χ0n) is 11.8. The van der Waals surface area contributed by atoms with Crippen LogP contribution < -0.4 is 10.2 Å². The number of aromatic nitrogens is 4. The topological polar surface area (TPSA) is 96.9 Å². The fourth-order valence-corrected chi connectivity index (χ4v) is 1.87. The quantitative estimate of drug-likeness (QED) is 0.549. The lowest BCUT2D eigenvalue weighted by atomic mass is 10.2. The molecule has 0 amide bonds. The summed E-state index contributed by atoms with van der Waals surface area (Å²) in [5, 5.41) is 25.9. The summed E-state index contributed by atoms with van der Waals surface area (Å²) in [5.74, 6) is 1.01. The number of nitrogens with one attached hydrogen (secondary N) is 1. The highest BCUT2D eigenvalue weighted by molar-refractivity contribution is 5.85. The molecule has 0 unspecified atom stereocenters. The molecule has 0 aliphatic heterocycles. The molecule has 112 valence electrons. The van der Waals surface area contributed by atoms with Gasteiger partial charge in [0.15, 0.2) is 23.0 Å². The van der Waals surface area contributed by atoms with Crippen LogP contribution in [-0.2, 0) is 0 Å². The molecule has 0 saturated carbocycles. The van der Waals surface area contributed by atoms with Crippen molar-refractivity contribution < 1.29 is 9.84 Å². The van der Waals surface area contributed by atoms with Crippen LogP contribution in [0.2, 0.25) is 0 Å². The highest BCUT2D eigenvalue weighted by Crippen LogP contribution is 2.28. The number of nitrogens with zero attached hydrogens (tertiary/aromatic N) is 5. The highest BCUT2D eigenvalue weighted by atomic mass is 16.5. The second-order valence-corrected chi connectivity index (χ2v) is 4.35. The molecule has 0 fully saturated rings. The first-order chi connectivity index (χ1) is 10.8. The third-order valence-corrected chi connectivity index (χ3v) is 2.87. The number of phenolic OH excluding ortho intramolecular Hbond substituents is 1. The SMILES string of the molecule is CCOc1cccc(/C=N\Nc2ccc3nncn3n2)c1O. The maximum Gasteiger partial charge on any atom is 0.177 e. The Labute approximate surface area is 126 Å². The van der Waals surface area contributed by atoms with Gasteiger partial charge in [-0.25, -0.2) is 0 Å². The molecule has 0 aliphatic rings. The van der Waals surface area contributed by atoms with Gasteiger partial charge in [-0.15, -0.1) is 15.3 Å². The summed E-state index contributed by atoms with van der Waals surface area (Å²) in [6.45, 7) is 2.34. The Morgan fingerprint density at radius 3 is 3.14 bits per heavy atom. The molecule has 0 aliphatic carbocycles. The van der Waals surface area contributed by atoms with Gasteiger partial charge in [-0.3, -0.25) is 5.43 Å². The second-order valence-electron chi connectivity index (χ2n) is 4.35. The molecule has 8 nitrogen and oxygen atoms in total. The zero-order valence-corrected chi connectivity index (χ0v) is 11.8. The van der Waals surface area contributed by atoms with E-state index >= 15 is 0 Å². The van der Waals surface area contributed by atoms with Crippen molar-refractivity contribution in [2.24, 2.45) is 5.10 Å². The summed E-state index contributed by atoms with van der Waals surface area (Å²) < 4.78 is 6.85. The third-order valence-electron chi connectivity index (χ3n) is 2.87. The normalized spacial score (nSPS) is 11.1. The van der Waals surface area contributed by atoms with Crippen LogP contribution in [-0.4, -0.2) is 37.7 Å². The van der Waals surface area contributed by atoms with Crippen molar-refractivity contribution in [3.05, 3.63) is 42.2 Å². The van der Waals surface area contributed by atoms with Crippen LogP contribution in [0.25, 0.3) is 5.65 Å². The monoisotopic (exact) mass is 298 g/mol. The third kappa shape index (κ3) is 2.80. The van der Waals surface area contributed by atoms with Gasteiger partial charge in [-0.2, -0.15) is 9.62 Å². The van der Waals surface area contributed by atoms with Crippen LogP contribution in [0.4, 0.5) is 5.82 Å². The van der Waals surface area contributed by atoms with E-state index in [4.69, 9.17) is 4.74 Å². The number of fused-ring (bicyclic) bond motifs is 1. The van der Waals surface area contributed by atoms with Crippen molar-refractivity contribution in [1.29, 1.82) is 0 Å². The van der Waals surface area contributed by atoms with E-state index in [2.05, 4.69) is 25.8 Å². The van der Waals surface area contributed by atoms with Crippen molar-refractivity contribution in [3.63, 3.8) is 0 Å². The number of ether oxygens (including phenoxy) is 1. The van der Waals surface area contributed by atoms with E-state index in [1.54, 1.807) is 30.3 Å². The summed E-state index contributed by atoms with van der Waals surface area (Å²) in [4.78, 5) is 0. The van der Waals surface area contributed by atoms with Crippen molar-refractivity contribution in [2.75, 3.05) is 12.0 Å². The Morgan fingerprint density at radius 2 is 2.27 bits per heavy atom. The molecule has 3 rings (SSSR count). The van der Waals surface area contributed by atoms with Crippen LogP contribution in [0.15, 0.2) is 41.8 Å². The largest absolute Gasteiger partial charge is 0.504 e. The predicted molar refractivity (Wildman–Crippen MR) is 81.3 cm³/mol. The zero-order chi connectivity index (χ0) is 15.4. The Balaban J connectivity index is 1.75. The molecule has 0 spiro atoms. The fourth-order valence-electron chi connectivity index (χ4n) is 1.87. The van der Waals surface area contributed by atoms with E-state index in [1.165, 1.54) is 17.1 Å². The number of anilines is 1. The highest BCUT2D eigenvalue weighted by Gasteiger charge is 2.05. The summed E-state index contributed by atoms with van der Waals surface area (Å²) in [6.07, 6.45) is 3.00. The fraction of sp³-hybridized carbons (Fsp3) is 0.143. The van der Waals surface area contributed by atoms with Crippen LogP contribution >= 0.6 is 0 Å². The summed E-state index contributed by atoms with van der Waals surface area (Å²) in [6, 6.07) is 8.72. The van der Waals surface area contributed by atoms with Gasteiger partial charge in [0, 0.05) is 5.56 Å². The Kier molecular flexibility index (Phi) is 3.82. The summed E-state index contributed by atoms with van der Waals surface area (Å²) in [7, 11) is 0. The molecular weight excluding hydrogens is 284 g/mol. The number of hydrogen-bond acceptors (Lipinski definition) is 7. The predicted octanol–water partition coefficient (Wildman–Crippen LogP) is 1.67. The number of aromatic hydroxyl groups is 1. The minimum Gasteiger partial charge on any atom is -0.504 e. The first-order valence-electron chi connectivity index (χ1n) is 6.69. The molecule has 3 aromatic rings. The molecule has 0 radical (unpaired) electrons. The van der Waals surface area contributed by atoms with Crippen molar-refractivity contribution >= 4 is 17.7 Å². The Hall–Kier alpha value is -3.16. The van der Waals surface area contributed by atoms with Crippen molar-refractivity contribution in [2.45, 2.75) is 6.92 Å². The smallest absolute Gasteiger partial charge is 0.177 e. The lowest BCUT2D eigenvalue weighted by Crippen LogP contribution is -1.98. The molecule has 0 atom stereocenters. The lowest BCUT2D eigenvalue weighted by Gasteiger charge is -2.07. The van der Waals surface area contributed by atoms with Gasteiger partial charge in [0.05, 0.1) is 12.8 Å². The minimum absolute atomic E-state index is 0.0529. The Morgan fingerprint density at radius 1 is 1.36 bits per heavy atom. The van der Waals surface area contributed by atoms with Gasteiger partial charge in [-0.1, -0.05) is 6.07 Å². The number of hydrazone groups is 1. The average Bonchev–Trinajstić information content (AvgIpc) is 2.99. The van der Waals surface area contributed by atoms with E-state index in [-0.39, 0.29) is 5.75 Å². The molecular formula is C14H14N6O2. The molecule has 8 heteroatoms. The average molecular weight is 298 g/mol. The van der Waals surface area contributed by atoms with Crippen LogP contribution in [0.1, 0.15) is 12.5 Å².